The van der Waals surface area contributed by atoms with Crippen LogP contribution in [0.3, 0.4) is 0 Å². The first kappa shape index (κ1) is 10.5. The Kier molecular flexibility index (Phi) is 3.27. The summed E-state index contributed by atoms with van der Waals surface area (Å²) in [6.45, 7) is 1.60. The molecular formula is C9H10BrFO2. The van der Waals surface area contributed by atoms with Crippen LogP contribution in [0.4, 0.5) is 4.39 Å². The Morgan fingerprint density at radius 1 is 1.54 bits per heavy atom. The highest BCUT2D eigenvalue weighted by atomic mass is 79.9. The van der Waals surface area contributed by atoms with Crippen LogP contribution in [0.25, 0.3) is 0 Å². The second-order valence-corrected chi connectivity index (χ2v) is 3.54. The summed E-state index contributed by atoms with van der Waals surface area (Å²) in [6, 6.07) is 2.75. The van der Waals surface area contributed by atoms with Gasteiger partial charge in [0.1, 0.15) is 11.6 Å². The third kappa shape index (κ3) is 2.19. The van der Waals surface area contributed by atoms with Gasteiger partial charge in [0.2, 0.25) is 0 Å². The van der Waals surface area contributed by atoms with Crippen molar-refractivity contribution in [3.63, 3.8) is 0 Å². The zero-order chi connectivity index (χ0) is 10.0. The van der Waals surface area contributed by atoms with E-state index in [4.69, 9.17) is 4.74 Å². The molecule has 0 fully saturated rings. The quantitative estimate of drug-likeness (QED) is 0.873. The van der Waals surface area contributed by atoms with Crippen LogP contribution in [0.2, 0.25) is 0 Å². The zero-order valence-electron chi connectivity index (χ0n) is 7.34. The predicted molar refractivity (Wildman–Crippen MR) is 51.3 cm³/mol. The van der Waals surface area contributed by atoms with Crippen LogP contribution in [0, 0.1) is 5.82 Å². The lowest BCUT2D eigenvalue weighted by atomic mass is 10.1. The van der Waals surface area contributed by atoms with Crippen LogP contribution >= 0.6 is 15.9 Å². The molecule has 1 N–H and O–H groups in total. The van der Waals surface area contributed by atoms with E-state index in [9.17, 15) is 9.50 Å². The summed E-state index contributed by atoms with van der Waals surface area (Å²) in [7, 11) is 1.44. The van der Waals surface area contributed by atoms with Crippen LogP contribution in [0.5, 0.6) is 5.75 Å². The molecule has 1 aromatic carbocycles. The van der Waals surface area contributed by atoms with E-state index in [0.29, 0.717) is 15.8 Å². The molecule has 2 nitrogen and oxygen atoms in total. The van der Waals surface area contributed by atoms with Crippen molar-refractivity contribution in [3.05, 3.63) is 28.0 Å². The molecule has 0 saturated heterocycles. The maximum absolute atomic E-state index is 13.0. The molecule has 0 aliphatic heterocycles. The van der Waals surface area contributed by atoms with E-state index >= 15 is 0 Å². The fourth-order valence-corrected chi connectivity index (χ4v) is 1.41. The minimum absolute atomic E-state index is 0.323. The van der Waals surface area contributed by atoms with E-state index in [1.54, 1.807) is 6.92 Å². The molecule has 0 spiro atoms. The lowest BCUT2D eigenvalue weighted by Crippen LogP contribution is -1.97. The van der Waals surface area contributed by atoms with E-state index in [1.807, 2.05) is 0 Å². The van der Waals surface area contributed by atoms with Gasteiger partial charge in [-0.1, -0.05) is 0 Å². The number of aliphatic hydroxyl groups excluding tert-OH is 1. The van der Waals surface area contributed by atoms with E-state index in [-0.39, 0.29) is 0 Å². The number of halogens is 2. The number of benzene rings is 1. The smallest absolute Gasteiger partial charge is 0.141 e. The molecule has 0 bridgehead atoms. The minimum Gasteiger partial charge on any atom is -0.496 e. The van der Waals surface area contributed by atoms with Crippen LogP contribution in [-0.4, -0.2) is 12.2 Å². The molecule has 0 aromatic heterocycles. The highest BCUT2D eigenvalue weighted by molar-refractivity contribution is 9.10. The number of ether oxygens (including phenoxy) is 1. The maximum atomic E-state index is 13.0. The fourth-order valence-electron chi connectivity index (χ4n) is 1.05. The second kappa shape index (κ2) is 4.07. The molecule has 0 amide bonds. The third-order valence-corrected chi connectivity index (χ3v) is 2.33. The average molecular weight is 249 g/mol. The van der Waals surface area contributed by atoms with Crippen molar-refractivity contribution in [1.82, 2.24) is 0 Å². The van der Waals surface area contributed by atoms with E-state index in [1.165, 1.54) is 19.2 Å². The Labute approximate surface area is 84.5 Å². The molecular weight excluding hydrogens is 239 g/mol. The van der Waals surface area contributed by atoms with Gasteiger partial charge in [0.05, 0.1) is 17.7 Å². The Hall–Kier alpha value is -0.610. The largest absolute Gasteiger partial charge is 0.496 e. The van der Waals surface area contributed by atoms with Crippen LogP contribution in [-0.2, 0) is 0 Å². The zero-order valence-corrected chi connectivity index (χ0v) is 8.93. The highest BCUT2D eigenvalue weighted by Crippen LogP contribution is 2.30. The van der Waals surface area contributed by atoms with Gasteiger partial charge in [-0.25, -0.2) is 4.39 Å². The van der Waals surface area contributed by atoms with Gasteiger partial charge >= 0.3 is 0 Å². The topological polar surface area (TPSA) is 29.5 Å². The van der Waals surface area contributed by atoms with Crippen LogP contribution < -0.4 is 4.74 Å². The van der Waals surface area contributed by atoms with E-state index in [0.717, 1.165) is 0 Å². The second-order valence-electron chi connectivity index (χ2n) is 2.68. The summed E-state index contributed by atoms with van der Waals surface area (Å²) in [4.78, 5) is 0. The van der Waals surface area contributed by atoms with Gasteiger partial charge in [0, 0.05) is 11.6 Å². The van der Waals surface area contributed by atoms with Gasteiger partial charge < -0.3 is 9.84 Å². The lowest BCUT2D eigenvalue weighted by Gasteiger charge is -2.11. The van der Waals surface area contributed by atoms with Gasteiger partial charge in [-0.05, 0) is 28.9 Å². The summed E-state index contributed by atoms with van der Waals surface area (Å²) in [5, 5.41) is 9.33. The fraction of sp³-hybridized carbons (Fsp3) is 0.333. The number of hydrogen-bond donors (Lipinski definition) is 1. The van der Waals surface area contributed by atoms with Gasteiger partial charge in [-0.15, -0.1) is 0 Å². The molecule has 72 valence electrons. The summed E-state index contributed by atoms with van der Waals surface area (Å²) < 4.78 is 18.2. The molecule has 1 atom stereocenters. The Morgan fingerprint density at radius 2 is 2.15 bits per heavy atom. The molecule has 0 saturated carbocycles. The average Bonchev–Trinajstić information content (AvgIpc) is 2.08. The van der Waals surface area contributed by atoms with Crippen molar-refractivity contribution in [3.8, 4) is 5.75 Å². The summed E-state index contributed by atoms with van der Waals surface area (Å²) >= 11 is 3.04. The highest BCUT2D eigenvalue weighted by Gasteiger charge is 2.12. The van der Waals surface area contributed by atoms with E-state index in [2.05, 4.69) is 15.9 Å². The number of methoxy groups -OCH3 is 1. The molecule has 4 heteroatoms. The van der Waals surface area contributed by atoms with Crippen LogP contribution in [0.1, 0.15) is 18.6 Å². The van der Waals surface area contributed by atoms with Gasteiger partial charge in [-0.3, -0.25) is 0 Å². The lowest BCUT2D eigenvalue weighted by molar-refractivity contribution is 0.194. The van der Waals surface area contributed by atoms with Gasteiger partial charge in [-0.2, -0.15) is 0 Å². The third-order valence-electron chi connectivity index (χ3n) is 1.72. The monoisotopic (exact) mass is 248 g/mol. The Balaban J connectivity index is 3.25. The van der Waals surface area contributed by atoms with Gasteiger partial charge in [0.25, 0.3) is 0 Å². The standard InChI is InChI=1S/C9H10BrFO2/c1-5(12)6-3-7(10)8(11)4-9(6)13-2/h3-5,12H,1-2H3. The first-order chi connectivity index (χ1) is 6.06. The van der Waals surface area contributed by atoms with Crippen LogP contribution in [0.15, 0.2) is 16.6 Å². The first-order valence-electron chi connectivity index (χ1n) is 3.77. The van der Waals surface area contributed by atoms with E-state index < -0.39 is 11.9 Å². The number of aliphatic hydroxyl groups is 1. The molecule has 0 radical (unpaired) electrons. The van der Waals surface area contributed by atoms with Crippen molar-refractivity contribution in [2.24, 2.45) is 0 Å². The minimum atomic E-state index is -0.674. The molecule has 13 heavy (non-hydrogen) atoms. The molecule has 0 aliphatic rings. The van der Waals surface area contributed by atoms with Crippen molar-refractivity contribution in [2.45, 2.75) is 13.0 Å². The number of rotatable bonds is 2. The van der Waals surface area contributed by atoms with Gasteiger partial charge in [0.15, 0.2) is 0 Å². The SMILES string of the molecule is COc1cc(F)c(Br)cc1C(C)O. The maximum Gasteiger partial charge on any atom is 0.141 e. The summed E-state index contributed by atoms with van der Waals surface area (Å²) in [6.07, 6.45) is -0.674. The molecule has 0 heterocycles. The van der Waals surface area contributed by atoms with Crippen molar-refractivity contribution in [2.75, 3.05) is 7.11 Å². The Bertz CT molecular complexity index is 313. The Morgan fingerprint density at radius 3 is 2.62 bits per heavy atom. The summed E-state index contributed by atoms with van der Waals surface area (Å²) in [5.41, 5.74) is 0.566. The molecule has 1 aromatic rings. The number of hydrogen-bond acceptors (Lipinski definition) is 2. The normalized spacial score (nSPS) is 12.7. The molecule has 0 aliphatic carbocycles. The predicted octanol–water partition coefficient (Wildman–Crippen LogP) is 2.65. The molecule has 1 unspecified atom stereocenters. The molecule has 1 rings (SSSR count). The first-order valence-corrected chi connectivity index (χ1v) is 4.56. The summed E-state index contributed by atoms with van der Waals surface area (Å²) in [5.74, 6) is -0.0445. The van der Waals surface area contributed by atoms with Crippen molar-refractivity contribution >= 4 is 15.9 Å². The van der Waals surface area contributed by atoms with Crippen molar-refractivity contribution < 1.29 is 14.2 Å². The van der Waals surface area contributed by atoms with Crippen molar-refractivity contribution in [1.29, 1.82) is 0 Å².